The first-order valence-electron chi connectivity index (χ1n) is 8.88. The Morgan fingerprint density at radius 2 is 2.00 bits per heavy atom. The molecule has 1 heterocycles. The number of carbonyl (C=O) groups is 2. The molecule has 3 fully saturated rings. The highest BCUT2D eigenvalue weighted by molar-refractivity contribution is 5.91. The van der Waals surface area contributed by atoms with E-state index >= 15 is 0 Å². The maximum atomic E-state index is 12.2. The Labute approximate surface area is 153 Å². The number of hydrogen-bond donors (Lipinski definition) is 2. The highest BCUT2D eigenvalue weighted by Crippen LogP contribution is 2.57. The number of carbonyl (C=O) groups excluding carboxylic acids is 2. The van der Waals surface area contributed by atoms with Gasteiger partial charge in [-0.05, 0) is 26.7 Å². The highest BCUT2D eigenvalue weighted by atomic mass is 16.6. The second kappa shape index (κ2) is 6.35. The normalized spacial score (nSPS) is 41.8. The van der Waals surface area contributed by atoms with Gasteiger partial charge in [-0.15, -0.1) is 0 Å². The molecule has 142 valence electrons. The first-order valence-corrected chi connectivity index (χ1v) is 8.88. The summed E-state index contributed by atoms with van der Waals surface area (Å²) in [5.74, 6) is -2.25. The predicted octanol–water partition coefficient (Wildman–Crippen LogP) is 1.67. The predicted molar refractivity (Wildman–Crippen MR) is 93.8 cm³/mol. The van der Waals surface area contributed by atoms with Gasteiger partial charge in [0.2, 0.25) is 0 Å². The van der Waals surface area contributed by atoms with Crippen LogP contribution in [-0.4, -0.2) is 46.6 Å². The molecule has 1 saturated heterocycles. The Kier molecular flexibility index (Phi) is 4.61. The smallest absolute Gasteiger partial charge is 0.334 e. The third kappa shape index (κ3) is 2.63. The van der Waals surface area contributed by atoms with E-state index in [0.29, 0.717) is 12.8 Å². The maximum Gasteiger partial charge on any atom is 0.334 e. The zero-order chi connectivity index (χ0) is 19.4. The molecular formula is C20H26O6. The van der Waals surface area contributed by atoms with Gasteiger partial charge in [-0.1, -0.05) is 31.2 Å². The lowest BCUT2D eigenvalue weighted by Crippen LogP contribution is -2.66. The van der Waals surface area contributed by atoms with Crippen LogP contribution in [-0.2, 0) is 19.1 Å². The van der Waals surface area contributed by atoms with Gasteiger partial charge in [-0.2, -0.15) is 0 Å². The van der Waals surface area contributed by atoms with E-state index < -0.39 is 53.6 Å². The van der Waals surface area contributed by atoms with Crippen molar-refractivity contribution in [1.29, 1.82) is 0 Å². The third-order valence-corrected chi connectivity index (χ3v) is 6.12. The second-order valence-corrected chi connectivity index (χ2v) is 8.05. The average molecular weight is 362 g/mol. The number of aliphatic hydroxyl groups excluding tert-OH is 2. The first-order chi connectivity index (χ1) is 12.1. The molecule has 6 heteroatoms. The first kappa shape index (κ1) is 18.9. The maximum absolute atomic E-state index is 12.2. The molecule has 3 aliphatic rings. The molecular weight excluding hydrogens is 336 g/mol. The number of esters is 2. The van der Waals surface area contributed by atoms with Crippen molar-refractivity contribution >= 4 is 11.9 Å². The Balaban J connectivity index is 2.05. The van der Waals surface area contributed by atoms with Crippen LogP contribution in [0.25, 0.3) is 0 Å². The van der Waals surface area contributed by atoms with Gasteiger partial charge in [-0.3, -0.25) is 0 Å². The lowest BCUT2D eigenvalue weighted by atomic mass is 9.52. The Bertz CT molecular complexity index is 703. The van der Waals surface area contributed by atoms with Crippen molar-refractivity contribution in [2.45, 2.75) is 58.0 Å². The second-order valence-electron chi connectivity index (χ2n) is 8.05. The summed E-state index contributed by atoms with van der Waals surface area (Å²) >= 11 is 0. The molecule has 2 aliphatic carbocycles. The monoisotopic (exact) mass is 362 g/mol. The molecule has 0 radical (unpaired) electrons. The summed E-state index contributed by atoms with van der Waals surface area (Å²) in [4.78, 5) is 24.4. The van der Waals surface area contributed by atoms with Crippen LogP contribution in [0.4, 0.5) is 0 Å². The SMILES string of the molecule is C=C1C(=O)O[C@H]2[C@H]1[C@@H](OC(=O)C=C(C)C)[C@H](O)[C@@]1(C)[C@H](O)CCC(=C)[C@H]21. The molecule has 3 rings (SSSR count). The molecule has 0 aromatic heterocycles. The van der Waals surface area contributed by atoms with Crippen molar-refractivity contribution in [3.05, 3.63) is 36.0 Å². The third-order valence-electron chi connectivity index (χ3n) is 6.12. The Morgan fingerprint density at radius 1 is 1.35 bits per heavy atom. The summed E-state index contributed by atoms with van der Waals surface area (Å²) in [6, 6.07) is 0. The number of rotatable bonds is 2. The molecule has 0 bridgehead atoms. The van der Waals surface area contributed by atoms with Gasteiger partial charge in [0.25, 0.3) is 0 Å². The van der Waals surface area contributed by atoms with Crippen molar-refractivity contribution in [2.75, 3.05) is 0 Å². The molecule has 0 unspecified atom stereocenters. The van der Waals surface area contributed by atoms with Crippen LogP contribution < -0.4 is 0 Å². The van der Waals surface area contributed by atoms with Crippen LogP contribution in [0, 0.1) is 17.3 Å². The van der Waals surface area contributed by atoms with E-state index in [1.807, 2.05) is 0 Å². The van der Waals surface area contributed by atoms with Crippen molar-refractivity contribution in [1.82, 2.24) is 0 Å². The minimum absolute atomic E-state index is 0.180. The number of aliphatic hydroxyl groups is 2. The lowest BCUT2D eigenvalue weighted by molar-refractivity contribution is -0.220. The summed E-state index contributed by atoms with van der Waals surface area (Å²) in [7, 11) is 0. The molecule has 0 aromatic carbocycles. The fraction of sp³-hybridized carbons (Fsp3) is 0.600. The van der Waals surface area contributed by atoms with Crippen LogP contribution in [0.15, 0.2) is 36.0 Å². The largest absolute Gasteiger partial charge is 0.458 e. The van der Waals surface area contributed by atoms with Crippen LogP contribution in [0.2, 0.25) is 0 Å². The Morgan fingerprint density at radius 3 is 2.62 bits per heavy atom. The minimum Gasteiger partial charge on any atom is -0.458 e. The van der Waals surface area contributed by atoms with E-state index in [-0.39, 0.29) is 5.57 Å². The van der Waals surface area contributed by atoms with Gasteiger partial charge >= 0.3 is 11.9 Å². The lowest BCUT2D eigenvalue weighted by Gasteiger charge is -2.56. The van der Waals surface area contributed by atoms with E-state index in [2.05, 4.69) is 13.2 Å². The van der Waals surface area contributed by atoms with Gasteiger partial charge in [-0.25, -0.2) is 9.59 Å². The standard InChI is InChI=1S/C20H26O6/c1-9(2)8-13(22)25-17-14-11(4)19(24)26-16(14)15-10(3)6-7-12(21)20(15,5)18(17)23/h8,12,14-18,21,23H,3-4,6-7H2,1-2,5H3/t12-,14+,15-,16+,17-,18+,20+/m1/s1. The summed E-state index contributed by atoms with van der Waals surface area (Å²) in [6.45, 7) is 13.1. The van der Waals surface area contributed by atoms with E-state index in [0.717, 1.165) is 11.1 Å². The fourth-order valence-corrected chi connectivity index (χ4v) is 4.76. The molecule has 7 atom stereocenters. The zero-order valence-corrected chi connectivity index (χ0v) is 15.4. The molecule has 2 N–H and O–H groups in total. The molecule has 6 nitrogen and oxygen atoms in total. The van der Waals surface area contributed by atoms with Crippen LogP contribution in [0.5, 0.6) is 0 Å². The Hall–Kier alpha value is -1.92. The van der Waals surface area contributed by atoms with E-state index in [1.165, 1.54) is 6.08 Å². The van der Waals surface area contributed by atoms with Crippen molar-refractivity contribution in [3.63, 3.8) is 0 Å². The van der Waals surface area contributed by atoms with Gasteiger partial charge in [0.15, 0.2) is 0 Å². The summed E-state index contributed by atoms with van der Waals surface area (Å²) in [5, 5.41) is 21.8. The van der Waals surface area contributed by atoms with Gasteiger partial charge < -0.3 is 19.7 Å². The van der Waals surface area contributed by atoms with Gasteiger partial charge in [0.1, 0.15) is 18.3 Å². The quantitative estimate of drug-likeness (QED) is 0.441. The van der Waals surface area contributed by atoms with Crippen molar-refractivity contribution < 1.29 is 29.3 Å². The van der Waals surface area contributed by atoms with Gasteiger partial charge in [0.05, 0.1) is 12.0 Å². The number of hydrogen-bond acceptors (Lipinski definition) is 6. The van der Waals surface area contributed by atoms with E-state index in [4.69, 9.17) is 9.47 Å². The van der Waals surface area contributed by atoms with E-state index in [1.54, 1.807) is 20.8 Å². The van der Waals surface area contributed by atoms with Crippen LogP contribution in [0.3, 0.4) is 0 Å². The van der Waals surface area contributed by atoms with Gasteiger partial charge in [0, 0.05) is 23.0 Å². The van der Waals surface area contributed by atoms with Crippen molar-refractivity contribution in [2.24, 2.45) is 17.3 Å². The summed E-state index contributed by atoms with van der Waals surface area (Å²) in [5.41, 5.74) is 0.726. The van der Waals surface area contributed by atoms with E-state index in [9.17, 15) is 19.8 Å². The van der Waals surface area contributed by atoms with Crippen LogP contribution >= 0.6 is 0 Å². The minimum atomic E-state index is -1.18. The summed E-state index contributed by atoms with van der Waals surface area (Å²) in [6.07, 6.45) is -1.33. The molecule has 0 spiro atoms. The fourth-order valence-electron chi connectivity index (χ4n) is 4.76. The van der Waals surface area contributed by atoms with Crippen molar-refractivity contribution in [3.8, 4) is 0 Å². The summed E-state index contributed by atoms with van der Waals surface area (Å²) < 4.78 is 11.1. The number of fused-ring (bicyclic) bond motifs is 3. The number of ether oxygens (including phenoxy) is 2. The highest BCUT2D eigenvalue weighted by Gasteiger charge is 2.66. The number of allylic oxidation sites excluding steroid dienone is 1. The van der Waals surface area contributed by atoms with Crippen LogP contribution in [0.1, 0.15) is 33.6 Å². The molecule has 2 saturated carbocycles. The topological polar surface area (TPSA) is 93.1 Å². The average Bonchev–Trinajstić information content (AvgIpc) is 2.82. The zero-order valence-electron chi connectivity index (χ0n) is 15.4. The molecule has 1 aliphatic heterocycles. The molecule has 0 amide bonds. The molecule has 0 aromatic rings. The molecule has 26 heavy (non-hydrogen) atoms.